The van der Waals surface area contributed by atoms with Crippen LogP contribution >= 0.6 is 0 Å². The number of aryl methyl sites for hydroxylation is 2. The van der Waals surface area contributed by atoms with Crippen LogP contribution in [-0.2, 0) is 22.4 Å². The number of aliphatic hydroxyl groups is 1. The van der Waals surface area contributed by atoms with Crippen molar-refractivity contribution < 1.29 is 28.8 Å². The Hall–Kier alpha value is -4.38. The van der Waals surface area contributed by atoms with Crippen LogP contribution in [0.5, 0.6) is 5.75 Å². The van der Waals surface area contributed by atoms with Gasteiger partial charge >= 0.3 is 6.03 Å². The van der Waals surface area contributed by atoms with E-state index in [4.69, 9.17) is 9.26 Å². The van der Waals surface area contributed by atoms with Crippen molar-refractivity contribution in [2.75, 3.05) is 37.4 Å². The van der Waals surface area contributed by atoms with Crippen molar-refractivity contribution in [1.82, 2.24) is 15.0 Å². The van der Waals surface area contributed by atoms with Crippen LogP contribution in [0.2, 0.25) is 0 Å². The van der Waals surface area contributed by atoms with E-state index in [0.29, 0.717) is 40.7 Å². The number of aliphatic hydroxyl groups excluding tert-OH is 1. The largest absolute Gasteiger partial charge is 0.488 e. The van der Waals surface area contributed by atoms with Gasteiger partial charge in [0, 0.05) is 30.8 Å². The van der Waals surface area contributed by atoms with Crippen LogP contribution < -0.4 is 15.4 Å². The van der Waals surface area contributed by atoms with Gasteiger partial charge in [-0.15, -0.1) is 0 Å². The van der Waals surface area contributed by atoms with Crippen molar-refractivity contribution in [1.29, 1.82) is 0 Å². The number of urea groups is 1. The molecule has 0 bridgehead atoms. The SMILES string of the molecule is Cc1noc(C)c1NC(=O)N(C)C[C@H]1Oc2ccc(NC(=O)Cc3ccccc3)cc2CC(=O)N([C@@H](C)CO)C[C@H]1C. The molecular weight excluding hydrogens is 538 g/mol. The first-order valence-corrected chi connectivity index (χ1v) is 14.0. The molecule has 1 aromatic heterocycles. The summed E-state index contributed by atoms with van der Waals surface area (Å²) in [5.41, 5.74) is 3.15. The highest BCUT2D eigenvalue weighted by Crippen LogP contribution is 2.29. The van der Waals surface area contributed by atoms with Gasteiger partial charge in [0.2, 0.25) is 11.8 Å². The van der Waals surface area contributed by atoms with E-state index in [9.17, 15) is 19.5 Å². The molecule has 0 unspecified atom stereocenters. The summed E-state index contributed by atoms with van der Waals surface area (Å²) in [6, 6.07) is 13.9. The average Bonchev–Trinajstić information content (AvgIpc) is 3.29. The van der Waals surface area contributed by atoms with Crippen LogP contribution in [0.3, 0.4) is 0 Å². The lowest BCUT2D eigenvalue weighted by atomic mass is 10.0. The molecule has 0 saturated carbocycles. The molecule has 0 aliphatic carbocycles. The van der Waals surface area contributed by atoms with Crippen LogP contribution in [0.25, 0.3) is 0 Å². The number of nitrogens with one attached hydrogen (secondary N) is 2. The van der Waals surface area contributed by atoms with Crippen LogP contribution in [0.15, 0.2) is 53.1 Å². The smallest absolute Gasteiger partial charge is 0.321 e. The van der Waals surface area contributed by atoms with Crippen molar-refractivity contribution in [3.63, 3.8) is 0 Å². The number of nitrogens with zero attached hydrogens (tertiary/aromatic N) is 3. The maximum atomic E-state index is 13.5. The highest BCUT2D eigenvalue weighted by Gasteiger charge is 2.32. The Kier molecular flexibility index (Phi) is 9.84. The molecule has 3 N–H and O–H groups in total. The van der Waals surface area contributed by atoms with Gasteiger partial charge in [0.15, 0.2) is 5.76 Å². The van der Waals surface area contributed by atoms with Crippen molar-refractivity contribution in [3.05, 3.63) is 71.1 Å². The van der Waals surface area contributed by atoms with Gasteiger partial charge < -0.3 is 34.8 Å². The Labute approximate surface area is 245 Å². The minimum absolute atomic E-state index is 0.0316. The number of aromatic nitrogens is 1. The molecule has 3 atom stereocenters. The van der Waals surface area contributed by atoms with Crippen LogP contribution in [0, 0.1) is 19.8 Å². The number of amides is 4. The van der Waals surface area contributed by atoms with Gasteiger partial charge in [-0.2, -0.15) is 0 Å². The molecule has 224 valence electrons. The number of carbonyl (C=O) groups excluding carboxylic acids is 3. The number of benzene rings is 2. The first kappa shape index (κ1) is 30.6. The zero-order chi connectivity index (χ0) is 30.4. The fourth-order valence-electron chi connectivity index (χ4n) is 4.93. The van der Waals surface area contributed by atoms with Crippen molar-refractivity contribution in [3.8, 4) is 5.75 Å². The third-order valence-electron chi connectivity index (χ3n) is 7.47. The second-order valence-electron chi connectivity index (χ2n) is 10.9. The van der Waals surface area contributed by atoms with Gasteiger partial charge in [-0.25, -0.2) is 4.79 Å². The van der Waals surface area contributed by atoms with Crippen molar-refractivity contribution in [2.24, 2.45) is 5.92 Å². The summed E-state index contributed by atoms with van der Waals surface area (Å²) in [6.45, 7) is 7.59. The van der Waals surface area contributed by atoms with E-state index in [1.165, 1.54) is 4.90 Å². The van der Waals surface area contributed by atoms with E-state index in [1.54, 1.807) is 50.9 Å². The molecule has 11 nitrogen and oxygen atoms in total. The molecule has 2 heterocycles. The second kappa shape index (κ2) is 13.5. The van der Waals surface area contributed by atoms with Gasteiger partial charge in [-0.3, -0.25) is 9.59 Å². The fourth-order valence-corrected chi connectivity index (χ4v) is 4.93. The molecule has 4 rings (SSSR count). The monoisotopic (exact) mass is 577 g/mol. The predicted octanol–water partition coefficient (Wildman–Crippen LogP) is 3.79. The molecule has 42 heavy (non-hydrogen) atoms. The minimum Gasteiger partial charge on any atom is -0.488 e. The third kappa shape index (κ3) is 7.47. The number of ether oxygens (including phenoxy) is 1. The lowest BCUT2D eigenvalue weighted by Gasteiger charge is -2.34. The number of carbonyl (C=O) groups is 3. The fraction of sp³-hybridized carbons (Fsp3) is 0.419. The summed E-state index contributed by atoms with van der Waals surface area (Å²) >= 11 is 0. The Morgan fingerprint density at radius 2 is 1.90 bits per heavy atom. The molecule has 11 heteroatoms. The van der Waals surface area contributed by atoms with Gasteiger partial charge in [0.1, 0.15) is 23.2 Å². The number of likely N-dealkylation sites (N-methyl/N-ethyl adjacent to an activating group) is 1. The Morgan fingerprint density at radius 3 is 2.57 bits per heavy atom. The maximum absolute atomic E-state index is 13.5. The molecule has 1 aliphatic rings. The molecule has 0 spiro atoms. The average molecular weight is 578 g/mol. The zero-order valence-corrected chi connectivity index (χ0v) is 24.7. The van der Waals surface area contributed by atoms with Gasteiger partial charge in [-0.1, -0.05) is 42.4 Å². The molecule has 3 aromatic rings. The normalized spacial score (nSPS) is 17.7. The summed E-state index contributed by atoms with van der Waals surface area (Å²) in [5.74, 6) is 0.484. The van der Waals surface area contributed by atoms with Crippen molar-refractivity contribution >= 4 is 29.2 Å². The van der Waals surface area contributed by atoms with Gasteiger partial charge in [0.25, 0.3) is 0 Å². The number of fused-ring (bicyclic) bond motifs is 1. The highest BCUT2D eigenvalue weighted by molar-refractivity contribution is 5.93. The molecule has 1 aliphatic heterocycles. The molecule has 4 amide bonds. The van der Waals surface area contributed by atoms with E-state index >= 15 is 0 Å². The topological polar surface area (TPSA) is 137 Å². The zero-order valence-electron chi connectivity index (χ0n) is 24.7. The number of hydrogen-bond donors (Lipinski definition) is 3. The quantitative estimate of drug-likeness (QED) is 0.371. The summed E-state index contributed by atoms with van der Waals surface area (Å²) in [4.78, 5) is 42.4. The Bertz CT molecular complexity index is 1390. The van der Waals surface area contributed by atoms with E-state index in [0.717, 1.165) is 5.56 Å². The Morgan fingerprint density at radius 1 is 1.17 bits per heavy atom. The van der Waals surface area contributed by atoms with Crippen LogP contribution in [0.4, 0.5) is 16.2 Å². The molecule has 0 saturated heterocycles. The van der Waals surface area contributed by atoms with Gasteiger partial charge in [-0.05, 0) is 44.5 Å². The lowest BCUT2D eigenvalue weighted by Crippen LogP contribution is -2.48. The van der Waals surface area contributed by atoms with E-state index in [2.05, 4.69) is 15.8 Å². The summed E-state index contributed by atoms with van der Waals surface area (Å²) in [7, 11) is 1.67. The van der Waals surface area contributed by atoms with E-state index in [-0.39, 0.29) is 49.8 Å². The predicted molar refractivity (Wildman–Crippen MR) is 158 cm³/mol. The first-order chi connectivity index (χ1) is 20.0. The molecule has 0 fully saturated rings. The summed E-state index contributed by atoms with van der Waals surface area (Å²) in [5, 5.41) is 19.5. The van der Waals surface area contributed by atoms with E-state index in [1.807, 2.05) is 37.3 Å². The van der Waals surface area contributed by atoms with Crippen LogP contribution in [-0.4, -0.2) is 76.8 Å². The molecule has 0 radical (unpaired) electrons. The first-order valence-electron chi connectivity index (χ1n) is 14.0. The highest BCUT2D eigenvalue weighted by atomic mass is 16.5. The second-order valence-corrected chi connectivity index (χ2v) is 10.9. The maximum Gasteiger partial charge on any atom is 0.321 e. The number of anilines is 2. The Balaban J connectivity index is 1.56. The number of hydrogen-bond acceptors (Lipinski definition) is 7. The lowest BCUT2D eigenvalue weighted by molar-refractivity contribution is -0.134. The molecular formula is C31H39N5O6. The number of rotatable bonds is 8. The molecule has 2 aromatic carbocycles. The summed E-state index contributed by atoms with van der Waals surface area (Å²) < 4.78 is 11.6. The standard InChI is InChI=1S/C31H39N5O6/c1-19-16-36(20(2)18-37)29(39)15-24-14-25(32-28(38)13-23-9-7-6-8-10-23)11-12-26(24)41-27(19)17-35(5)31(40)33-30-21(3)34-42-22(30)4/h6-12,14,19-20,27,37H,13,15-18H2,1-5H3,(H,32,38)(H,33,40)/t19-,20+,27-/m1/s1. The van der Waals surface area contributed by atoms with Gasteiger partial charge in [0.05, 0.1) is 32.0 Å². The minimum atomic E-state index is -0.484. The summed E-state index contributed by atoms with van der Waals surface area (Å²) in [6.07, 6.45) is -0.233. The van der Waals surface area contributed by atoms with Crippen molar-refractivity contribution in [2.45, 2.75) is 52.7 Å². The van der Waals surface area contributed by atoms with E-state index < -0.39 is 12.1 Å². The van der Waals surface area contributed by atoms with Crippen LogP contribution in [0.1, 0.15) is 36.4 Å². The third-order valence-corrected chi connectivity index (χ3v) is 7.47.